The van der Waals surface area contributed by atoms with E-state index in [0.717, 1.165) is 10.0 Å². The zero-order valence-corrected chi connectivity index (χ0v) is 11.2. The molecule has 0 radical (unpaired) electrons. The third-order valence-corrected chi connectivity index (χ3v) is 2.68. The Kier molecular flexibility index (Phi) is 6.97. The molecule has 5 N–H and O–H groups in total. The fourth-order valence-corrected chi connectivity index (χ4v) is 1.40. The Morgan fingerprint density at radius 3 is 2.29 bits per heavy atom. The number of aliphatic hydroxyl groups excluding tert-OH is 1. The van der Waals surface area contributed by atoms with Crippen molar-refractivity contribution < 1.29 is 18.1 Å². The van der Waals surface area contributed by atoms with Crippen molar-refractivity contribution in [3.63, 3.8) is 0 Å². The number of amidine groups is 1. The molecule has 0 aliphatic heterocycles. The molecule has 0 bridgehead atoms. The highest BCUT2D eigenvalue weighted by molar-refractivity contribution is 9.10. The van der Waals surface area contributed by atoms with Gasteiger partial charge in [0.15, 0.2) is 0 Å². The molecule has 0 spiro atoms. The molecule has 0 amide bonds. The van der Waals surface area contributed by atoms with Crippen molar-refractivity contribution in [2.75, 3.05) is 12.4 Å². The summed E-state index contributed by atoms with van der Waals surface area (Å²) in [5.41, 5.74) is 5.99. The number of hydrogen-bond acceptors (Lipinski definition) is 4. The number of nitrogens with one attached hydrogen (secondary N) is 1. The van der Waals surface area contributed by atoms with Gasteiger partial charge in [0.05, 0.1) is 12.4 Å². The molecule has 0 saturated heterocycles. The van der Waals surface area contributed by atoms with Crippen molar-refractivity contribution in [1.29, 1.82) is 5.41 Å². The minimum absolute atomic E-state index is 0.0984. The van der Waals surface area contributed by atoms with Gasteiger partial charge in [-0.15, -0.1) is 0 Å². The summed E-state index contributed by atoms with van der Waals surface area (Å²) < 4.78 is 28.0. The van der Waals surface area contributed by atoms with Crippen LogP contribution in [0.15, 0.2) is 28.7 Å². The quantitative estimate of drug-likeness (QED) is 0.368. The van der Waals surface area contributed by atoms with E-state index in [1.54, 1.807) is 6.07 Å². The van der Waals surface area contributed by atoms with E-state index >= 15 is 0 Å². The maximum absolute atomic E-state index is 9.63. The zero-order chi connectivity index (χ0) is 13.5. The zero-order valence-electron chi connectivity index (χ0n) is 8.80. The number of aliphatic hydroxyl groups is 1. The average molecular weight is 325 g/mol. The fraction of sp³-hybridized carbons (Fsp3) is 0.222. The molecule has 8 heteroatoms. The number of hydrogen-bond donors (Lipinski definition) is 4. The number of nitrogens with two attached hydrogens (primary N) is 1. The molecular weight excluding hydrogens is 312 g/mol. The Balaban J connectivity index is 0.000000325. The van der Waals surface area contributed by atoms with Crippen molar-refractivity contribution in [3.8, 4) is 0 Å². The largest absolute Gasteiger partial charge is 0.395 e. The van der Waals surface area contributed by atoms with Gasteiger partial charge in [-0.1, -0.05) is 28.1 Å². The standard InChI is InChI=1S/C7H7BrN2.C2H6O4S/c8-6-3-1-2-5(4-6)7(9)10;3-1-2-7(4,5)6/h1-4H,(H3,9,10);3H,1-2H2,(H,4,5,6). The molecule has 0 fully saturated rings. The molecule has 6 nitrogen and oxygen atoms in total. The van der Waals surface area contributed by atoms with Crippen LogP contribution in [0.3, 0.4) is 0 Å². The molecular formula is C9H13BrN2O4S. The molecule has 0 heterocycles. The predicted octanol–water partition coefficient (Wildman–Crippen LogP) is 0.600. The Morgan fingerprint density at radius 2 is 2.06 bits per heavy atom. The van der Waals surface area contributed by atoms with Crippen molar-refractivity contribution in [2.45, 2.75) is 0 Å². The van der Waals surface area contributed by atoms with Crippen LogP contribution in [-0.4, -0.2) is 36.3 Å². The number of benzene rings is 1. The second kappa shape index (κ2) is 7.38. The van der Waals surface area contributed by atoms with Gasteiger partial charge in [-0.25, -0.2) is 0 Å². The van der Waals surface area contributed by atoms with Gasteiger partial charge in [-0.3, -0.25) is 9.96 Å². The first-order chi connectivity index (χ1) is 7.76. The Morgan fingerprint density at radius 1 is 1.47 bits per heavy atom. The van der Waals surface area contributed by atoms with Gasteiger partial charge < -0.3 is 10.8 Å². The van der Waals surface area contributed by atoms with E-state index in [2.05, 4.69) is 15.9 Å². The lowest BCUT2D eigenvalue weighted by Gasteiger charge is -1.96. The topological polar surface area (TPSA) is 124 Å². The van der Waals surface area contributed by atoms with Gasteiger partial charge in [-0.2, -0.15) is 8.42 Å². The predicted molar refractivity (Wildman–Crippen MR) is 68.7 cm³/mol. The summed E-state index contributed by atoms with van der Waals surface area (Å²) in [6.07, 6.45) is 0. The Hall–Kier alpha value is -0.960. The maximum Gasteiger partial charge on any atom is 0.267 e. The highest BCUT2D eigenvalue weighted by Gasteiger charge is 1.99. The van der Waals surface area contributed by atoms with E-state index in [0.29, 0.717) is 0 Å². The van der Waals surface area contributed by atoms with Crippen LogP contribution in [-0.2, 0) is 10.1 Å². The summed E-state index contributed by atoms with van der Waals surface area (Å²) in [7, 11) is -3.92. The second-order valence-corrected chi connectivity index (χ2v) is 5.42. The average Bonchev–Trinajstić information content (AvgIpc) is 2.16. The van der Waals surface area contributed by atoms with E-state index in [-0.39, 0.29) is 5.84 Å². The summed E-state index contributed by atoms with van der Waals surface area (Å²) >= 11 is 3.28. The van der Waals surface area contributed by atoms with E-state index in [1.807, 2.05) is 18.2 Å². The Labute approximate surface area is 108 Å². The lowest BCUT2D eigenvalue weighted by Crippen LogP contribution is -2.10. The van der Waals surface area contributed by atoms with Gasteiger partial charge in [0.2, 0.25) is 0 Å². The van der Waals surface area contributed by atoms with Crippen molar-refractivity contribution in [3.05, 3.63) is 34.3 Å². The summed E-state index contributed by atoms with van der Waals surface area (Å²) in [5.74, 6) is -0.478. The minimum Gasteiger partial charge on any atom is -0.395 e. The van der Waals surface area contributed by atoms with Crippen LogP contribution in [0.5, 0.6) is 0 Å². The smallest absolute Gasteiger partial charge is 0.267 e. The SMILES string of the molecule is N=C(N)c1cccc(Br)c1.O=S(=O)(O)CCO. The lowest BCUT2D eigenvalue weighted by atomic mass is 10.2. The molecule has 96 valence electrons. The van der Waals surface area contributed by atoms with E-state index in [9.17, 15) is 8.42 Å². The van der Waals surface area contributed by atoms with Crippen LogP contribution < -0.4 is 5.73 Å². The van der Waals surface area contributed by atoms with Crippen LogP contribution >= 0.6 is 15.9 Å². The molecule has 1 rings (SSSR count). The number of rotatable bonds is 3. The first-order valence-electron chi connectivity index (χ1n) is 4.42. The molecule has 0 unspecified atom stereocenters. The minimum atomic E-state index is -3.92. The summed E-state index contributed by atoms with van der Waals surface area (Å²) in [6, 6.07) is 7.35. The molecule has 0 aliphatic rings. The highest BCUT2D eigenvalue weighted by Crippen LogP contribution is 2.10. The van der Waals surface area contributed by atoms with Gasteiger partial charge in [0.25, 0.3) is 10.1 Å². The second-order valence-electron chi connectivity index (χ2n) is 2.93. The number of halogens is 1. The lowest BCUT2D eigenvalue weighted by molar-refractivity contribution is 0.315. The monoisotopic (exact) mass is 324 g/mol. The maximum atomic E-state index is 9.63. The van der Waals surface area contributed by atoms with E-state index in [4.69, 9.17) is 20.8 Å². The summed E-state index contributed by atoms with van der Waals surface area (Å²) in [5, 5.41) is 15.0. The summed E-state index contributed by atoms with van der Waals surface area (Å²) in [4.78, 5) is 0. The molecule has 0 aromatic heterocycles. The van der Waals surface area contributed by atoms with Crippen molar-refractivity contribution in [2.24, 2.45) is 5.73 Å². The van der Waals surface area contributed by atoms with Crippen molar-refractivity contribution in [1.82, 2.24) is 0 Å². The molecule has 0 atom stereocenters. The van der Waals surface area contributed by atoms with Crippen LogP contribution in [0, 0.1) is 5.41 Å². The third-order valence-electron chi connectivity index (χ3n) is 1.48. The van der Waals surface area contributed by atoms with Crippen LogP contribution in [0.4, 0.5) is 0 Å². The molecule has 17 heavy (non-hydrogen) atoms. The molecule has 1 aromatic carbocycles. The van der Waals surface area contributed by atoms with Gasteiger partial charge in [0, 0.05) is 10.0 Å². The Bertz CT molecular complexity index is 476. The van der Waals surface area contributed by atoms with Gasteiger partial charge in [-0.05, 0) is 12.1 Å². The highest BCUT2D eigenvalue weighted by atomic mass is 79.9. The van der Waals surface area contributed by atoms with Crippen LogP contribution in [0.25, 0.3) is 0 Å². The molecule has 0 saturated carbocycles. The third kappa shape index (κ3) is 8.81. The molecule has 1 aromatic rings. The van der Waals surface area contributed by atoms with Gasteiger partial charge in [0.1, 0.15) is 5.84 Å². The number of nitrogen functional groups attached to an aromatic ring is 1. The summed E-state index contributed by atoms with van der Waals surface area (Å²) in [6.45, 7) is -0.529. The van der Waals surface area contributed by atoms with Crippen LogP contribution in [0.1, 0.15) is 5.56 Å². The van der Waals surface area contributed by atoms with Gasteiger partial charge >= 0.3 is 0 Å². The van der Waals surface area contributed by atoms with Crippen LogP contribution in [0.2, 0.25) is 0 Å². The fourth-order valence-electron chi connectivity index (χ4n) is 0.771. The van der Waals surface area contributed by atoms with E-state index < -0.39 is 22.5 Å². The normalized spacial score (nSPS) is 10.3. The first kappa shape index (κ1) is 16.0. The first-order valence-corrected chi connectivity index (χ1v) is 6.82. The van der Waals surface area contributed by atoms with E-state index in [1.165, 1.54) is 0 Å². The molecule has 0 aliphatic carbocycles. The van der Waals surface area contributed by atoms with Crippen molar-refractivity contribution >= 4 is 31.9 Å².